The number of hydrogen-bond donors (Lipinski definition) is 2. The molecule has 1 saturated carbocycles. The molecule has 2 amide bonds. The first-order valence-corrected chi connectivity index (χ1v) is 10.7. The van der Waals surface area contributed by atoms with Gasteiger partial charge in [-0.15, -0.1) is 0 Å². The molecule has 0 bridgehead atoms. The van der Waals surface area contributed by atoms with Gasteiger partial charge in [-0.25, -0.2) is 18.8 Å². The van der Waals surface area contributed by atoms with E-state index in [1.54, 1.807) is 16.7 Å². The molecule has 1 aliphatic carbocycles. The second-order valence-electron chi connectivity index (χ2n) is 7.60. The molecule has 174 valence electrons. The molecule has 4 rings (SSSR count). The Bertz CT molecular complexity index is 1160. The van der Waals surface area contributed by atoms with E-state index in [1.807, 2.05) is 30.3 Å². The fourth-order valence-corrected chi connectivity index (χ4v) is 3.60. The zero-order valence-corrected chi connectivity index (χ0v) is 18.8. The highest BCUT2D eigenvalue weighted by molar-refractivity contribution is 5.90. The maximum atomic E-state index is 13.0. The summed E-state index contributed by atoms with van der Waals surface area (Å²) in [7, 11) is 4.52. The van der Waals surface area contributed by atoms with Crippen LogP contribution >= 0.6 is 0 Å². The summed E-state index contributed by atoms with van der Waals surface area (Å²) in [5.74, 6) is 2.37. The summed E-state index contributed by atoms with van der Waals surface area (Å²) >= 11 is 0. The van der Waals surface area contributed by atoms with Gasteiger partial charge in [-0.2, -0.15) is 5.10 Å². The van der Waals surface area contributed by atoms with Crippen molar-refractivity contribution in [1.29, 1.82) is 0 Å². The summed E-state index contributed by atoms with van der Waals surface area (Å²) in [5.41, 5.74) is 1.06. The maximum absolute atomic E-state index is 13.0. The third kappa shape index (κ3) is 4.79. The third-order valence-corrected chi connectivity index (χ3v) is 5.35. The number of para-hydroxylation sites is 1. The van der Waals surface area contributed by atoms with E-state index in [1.165, 1.54) is 26.0 Å². The van der Waals surface area contributed by atoms with Crippen molar-refractivity contribution < 1.29 is 19.0 Å². The van der Waals surface area contributed by atoms with Crippen LogP contribution in [0.5, 0.6) is 17.2 Å². The number of amides is 2. The molecule has 33 heavy (non-hydrogen) atoms. The van der Waals surface area contributed by atoms with Gasteiger partial charge in [-0.3, -0.25) is 0 Å². The predicted molar refractivity (Wildman–Crippen MR) is 123 cm³/mol. The highest BCUT2D eigenvalue weighted by Gasteiger charge is 2.31. The van der Waals surface area contributed by atoms with Gasteiger partial charge in [0.2, 0.25) is 5.75 Å². The largest absolute Gasteiger partial charge is 0.493 e. The minimum atomic E-state index is -0.428. The van der Waals surface area contributed by atoms with Crippen LogP contribution in [0, 0.1) is 0 Å². The molecule has 10 heteroatoms. The number of ether oxygens (including phenoxy) is 3. The summed E-state index contributed by atoms with van der Waals surface area (Å²) in [6.07, 6.45) is 2.05. The van der Waals surface area contributed by atoms with E-state index in [0.29, 0.717) is 28.9 Å². The molecular weight excluding hydrogens is 426 g/mol. The number of aromatic nitrogens is 3. The number of rotatable bonds is 9. The monoisotopic (exact) mass is 453 g/mol. The molecule has 0 aliphatic heterocycles. The molecule has 1 aromatic heterocycles. The Morgan fingerprint density at radius 3 is 2.30 bits per heavy atom. The molecule has 1 aliphatic rings. The van der Waals surface area contributed by atoms with Crippen molar-refractivity contribution in [1.82, 2.24) is 19.7 Å². The van der Waals surface area contributed by atoms with Crippen LogP contribution in [0.2, 0.25) is 0 Å². The average Bonchev–Trinajstić information content (AvgIpc) is 3.63. The van der Waals surface area contributed by atoms with Crippen LogP contribution in [0.15, 0.2) is 47.3 Å². The summed E-state index contributed by atoms with van der Waals surface area (Å²) in [6, 6.07) is 12.3. The first-order chi connectivity index (χ1) is 16.0. The van der Waals surface area contributed by atoms with E-state index >= 15 is 0 Å². The quantitative estimate of drug-likeness (QED) is 0.516. The van der Waals surface area contributed by atoms with Gasteiger partial charge in [-0.1, -0.05) is 18.2 Å². The maximum Gasteiger partial charge on any atom is 0.350 e. The van der Waals surface area contributed by atoms with Gasteiger partial charge in [0.25, 0.3) is 0 Å². The van der Waals surface area contributed by atoms with Gasteiger partial charge >= 0.3 is 11.7 Å². The lowest BCUT2D eigenvalue weighted by Crippen LogP contribution is -2.34. The minimum Gasteiger partial charge on any atom is -0.493 e. The van der Waals surface area contributed by atoms with Gasteiger partial charge < -0.3 is 24.8 Å². The number of urea groups is 1. The fourth-order valence-electron chi connectivity index (χ4n) is 3.60. The number of nitrogens with one attached hydrogen (secondary N) is 2. The van der Waals surface area contributed by atoms with Crippen molar-refractivity contribution in [3.05, 3.63) is 58.8 Å². The van der Waals surface area contributed by atoms with Gasteiger partial charge in [-0.05, 0) is 25.0 Å². The molecule has 0 atom stereocenters. The second kappa shape index (κ2) is 9.68. The molecule has 0 radical (unpaired) electrons. The Balaban J connectivity index is 1.42. The lowest BCUT2D eigenvalue weighted by Gasteiger charge is -2.14. The molecule has 1 fully saturated rings. The predicted octanol–water partition coefficient (Wildman–Crippen LogP) is 2.76. The number of carbonyl (C=O) groups excluding carboxylic acids is 1. The van der Waals surface area contributed by atoms with Gasteiger partial charge in [0.1, 0.15) is 5.82 Å². The molecule has 2 N–H and O–H groups in total. The Labute approximate surface area is 191 Å². The molecule has 10 nitrogen and oxygen atoms in total. The van der Waals surface area contributed by atoms with E-state index < -0.39 is 6.03 Å². The third-order valence-electron chi connectivity index (χ3n) is 5.35. The van der Waals surface area contributed by atoms with Crippen LogP contribution in [0.4, 0.5) is 10.5 Å². The van der Waals surface area contributed by atoms with Crippen LogP contribution in [-0.4, -0.2) is 48.3 Å². The Kier molecular flexibility index (Phi) is 6.53. The van der Waals surface area contributed by atoms with E-state index in [2.05, 4.69) is 15.7 Å². The van der Waals surface area contributed by atoms with E-state index in [9.17, 15) is 9.59 Å². The van der Waals surface area contributed by atoms with Crippen molar-refractivity contribution in [2.24, 2.45) is 0 Å². The number of anilines is 1. The minimum absolute atomic E-state index is 0.213. The smallest absolute Gasteiger partial charge is 0.350 e. The standard InChI is InChI=1S/C23H27N5O5/c1-31-18-13-16(14-19(32-2)20(18)33-3)25-22(29)24-11-12-27-23(30)28(17-7-5-4-6-8-17)21(26-27)15-9-10-15/h4-8,13-15H,9-12H2,1-3H3,(H2,24,25,29). The van der Waals surface area contributed by atoms with Crippen LogP contribution in [0.3, 0.4) is 0 Å². The molecule has 0 saturated heterocycles. The lowest BCUT2D eigenvalue weighted by atomic mass is 10.2. The number of benzene rings is 2. The number of hydrogen-bond acceptors (Lipinski definition) is 6. The topological polar surface area (TPSA) is 109 Å². The summed E-state index contributed by atoms with van der Waals surface area (Å²) in [4.78, 5) is 25.4. The summed E-state index contributed by atoms with van der Waals surface area (Å²) in [5, 5.41) is 10.0. The molecule has 0 unspecified atom stereocenters. The number of nitrogens with zero attached hydrogens (tertiary/aromatic N) is 3. The number of methoxy groups -OCH3 is 3. The Hall–Kier alpha value is -3.95. The zero-order valence-electron chi connectivity index (χ0n) is 18.8. The molecule has 2 aromatic carbocycles. The zero-order chi connectivity index (χ0) is 23.4. The van der Waals surface area contributed by atoms with Crippen LogP contribution in [0.1, 0.15) is 24.6 Å². The normalized spacial score (nSPS) is 12.8. The van der Waals surface area contributed by atoms with Crippen molar-refractivity contribution in [2.75, 3.05) is 33.2 Å². The van der Waals surface area contributed by atoms with Crippen molar-refractivity contribution in [2.45, 2.75) is 25.3 Å². The molecule has 3 aromatic rings. The van der Waals surface area contributed by atoms with E-state index in [-0.39, 0.29) is 18.8 Å². The van der Waals surface area contributed by atoms with Gasteiger partial charge in [0.15, 0.2) is 11.5 Å². The molecular formula is C23H27N5O5. The average molecular weight is 453 g/mol. The lowest BCUT2D eigenvalue weighted by molar-refractivity contribution is 0.251. The van der Waals surface area contributed by atoms with Crippen LogP contribution < -0.4 is 30.5 Å². The summed E-state index contributed by atoms with van der Waals surface area (Å²) in [6.45, 7) is 0.479. The number of carbonyl (C=O) groups is 1. The van der Waals surface area contributed by atoms with Crippen molar-refractivity contribution in [3.63, 3.8) is 0 Å². The first kappa shape index (κ1) is 22.3. The molecule has 0 spiro atoms. The Morgan fingerprint density at radius 1 is 1.06 bits per heavy atom. The van der Waals surface area contributed by atoms with Gasteiger partial charge in [0, 0.05) is 24.6 Å². The summed E-state index contributed by atoms with van der Waals surface area (Å²) < 4.78 is 19.0. The first-order valence-electron chi connectivity index (χ1n) is 10.7. The Morgan fingerprint density at radius 2 is 1.73 bits per heavy atom. The van der Waals surface area contributed by atoms with Gasteiger partial charge in [0.05, 0.1) is 39.2 Å². The van der Waals surface area contributed by atoms with Crippen molar-refractivity contribution >= 4 is 11.7 Å². The highest BCUT2D eigenvalue weighted by Crippen LogP contribution is 2.40. The highest BCUT2D eigenvalue weighted by atomic mass is 16.5. The van der Waals surface area contributed by atoms with Crippen molar-refractivity contribution in [3.8, 4) is 22.9 Å². The fraction of sp³-hybridized carbons (Fsp3) is 0.348. The second-order valence-corrected chi connectivity index (χ2v) is 7.60. The van der Waals surface area contributed by atoms with E-state index in [4.69, 9.17) is 14.2 Å². The molecule has 1 heterocycles. The van der Waals surface area contributed by atoms with E-state index in [0.717, 1.165) is 24.4 Å². The SMILES string of the molecule is COc1cc(NC(=O)NCCn2nc(C3CC3)n(-c3ccccc3)c2=O)cc(OC)c1OC. The van der Waals surface area contributed by atoms with Crippen LogP contribution in [0.25, 0.3) is 5.69 Å². The van der Waals surface area contributed by atoms with Crippen LogP contribution in [-0.2, 0) is 6.54 Å².